The molecule has 0 aliphatic carbocycles. The van der Waals surface area contributed by atoms with Gasteiger partial charge in [-0.15, -0.1) is 3.71 Å². The molecule has 0 aromatic heterocycles. The van der Waals surface area contributed by atoms with Crippen LogP contribution < -0.4 is 0 Å². The van der Waals surface area contributed by atoms with Gasteiger partial charge < -0.3 is 4.74 Å². The Morgan fingerprint density at radius 2 is 1.77 bits per heavy atom. The summed E-state index contributed by atoms with van der Waals surface area (Å²) in [5, 5.41) is 0. The highest BCUT2D eigenvalue weighted by Crippen LogP contribution is 2.30. The molecule has 2 rings (SSSR count). The van der Waals surface area contributed by atoms with Crippen LogP contribution in [0.5, 0.6) is 0 Å². The van der Waals surface area contributed by atoms with Crippen molar-refractivity contribution in [1.82, 2.24) is 3.71 Å². The minimum atomic E-state index is -3.76. The fourth-order valence-electron chi connectivity index (χ4n) is 2.40. The summed E-state index contributed by atoms with van der Waals surface area (Å²) in [6.45, 7) is 5.88. The van der Waals surface area contributed by atoms with Crippen molar-refractivity contribution >= 4 is 27.9 Å². The second kappa shape index (κ2) is 8.70. The predicted octanol–water partition coefficient (Wildman–Crippen LogP) is 4.06. The molecule has 2 aromatic carbocycles. The number of benzene rings is 2. The highest BCUT2D eigenvalue weighted by Gasteiger charge is 2.26. The van der Waals surface area contributed by atoms with E-state index in [-0.39, 0.29) is 10.5 Å². The second-order valence-corrected chi connectivity index (χ2v) is 8.87. The van der Waals surface area contributed by atoms with Gasteiger partial charge in [-0.2, -0.15) is 0 Å². The Hall–Kier alpha value is -1.83. The van der Waals surface area contributed by atoms with Gasteiger partial charge in [0.2, 0.25) is 0 Å². The molecule has 0 fully saturated rings. The topological polar surface area (TPSA) is 63.7 Å². The van der Waals surface area contributed by atoms with Crippen LogP contribution in [0.2, 0.25) is 0 Å². The number of hydrogen-bond acceptors (Lipinski definition) is 5. The van der Waals surface area contributed by atoms with Crippen molar-refractivity contribution in [1.29, 1.82) is 0 Å². The smallest absolute Gasteiger partial charge is 0.338 e. The highest BCUT2D eigenvalue weighted by atomic mass is 32.3. The summed E-state index contributed by atoms with van der Waals surface area (Å²) in [7, 11) is -2.48. The molecule has 5 nitrogen and oxygen atoms in total. The SMILES string of the molecule is CCc1ccc(SN(CC)S(=O)(=O)c2ccc(C)c(C(=O)OC)c2)cc1. The van der Waals surface area contributed by atoms with Crippen molar-refractivity contribution < 1.29 is 17.9 Å². The van der Waals surface area contributed by atoms with Crippen molar-refractivity contribution in [2.45, 2.75) is 37.0 Å². The third-order valence-electron chi connectivity index (χ3n) is 3.98. The third kappa shape index (κ3) is 4.47. The zero-order chi connectivity index (χ0) is 19.3. The van der Waals surface area contributed by atoms with E-state index >= 15 is 0 Å². The Bertz CT molecular complexity index is 877. The average Bonchev–Trinajstić information content (AvgIpc) is 2.65. The Balaban J connectivity index is 2.35. The van der Waals surface area contributed by atoms with Gasteiger partial charge in [0.25, 0.3) is 10.0 Å². The number of carbonyl (C=O) groups is 1. The summed E-state index contributed by atoms with van der Waals surface area (Å²) < 4.78 is 32.1. The van der Waals surface area contributed by atoms with Crippen LogP contribution in [0.15, 0.2) is 52.3 Å². The molecule has 0 bridgehead atoms. The number of hydrogen-bond donors (Lipinski definition) is 0. The highest BCUT2D eigenvalue weighted by molar-refractivity contribution is 8.08. The molecule has 140 valence electrons. The van der Waals surface area contributed by atoms with E-state index in [1.165, 1.54) is 28.5 Å². The van der Waals surface area contributed by atoms with Crippen molar-refractivity contribution in [3.05, 3.63) is 59.2 Å². The number of ether oxygens (including phenoxy) is 1. The lowest BCUT2D eigenvalue weighted by Gasteiger charge is -2.20. The summed E-state index contributed by atoms with van der Waals surface area (Å²) in [5.74, 6) is -0.551. The molecule has 0 atom stereocenters. The van der Waals surface area contributed by atoms with Crippen LogP contribution >= 0.6 is 11.9 Å². The molecule has 7 heteroatoms. The third-order valence-corrected chi connectivity index (χ3v) is 7.38. The summed E-state index contributed by atoms with van der Waals surface area (Å²) in [4.78, 5) is 12.8. The largest absolute Gasteiger partial charge is 0.465 e. The van der Waals surface area contributed by atoms with Crippen LogP contribution in [0.25, 0.3) is 0 Å². The van der Waals surface area contributed by atoms with Crippen molar-refractivity contribution in [2.75, 3.05) is 13.7 Å². The van der Waals surface area contributed by atoms with Gasteiger partial charge in [0.05, 0.1) is 17.6 Å². The molecule has 0 spiro atoms. The molecule has 0 heterocycles. The van der Waals surface area contributed by atoms with E-state index in [2.05, 4.69) is 6.92 Å². The number of sulfonamides is 1. The molecule has 0 amide bonds. The van der Waals surface area contributed by atoms with Gasteiger partial charge in [-0.25, -0.2) is 13.2 Å². The van der Waals surface area contributed by atoms with Gasteiger partial charge >= 0.3 is 5.97 Å². The van der Waals surface area contributed by atoms with Crippen LogP contribution in [0.4, 0.5) is 0 Å². The van der Waals surface area contributed by atoms with E-state index in [1.807, 2.05) is 24.3 Å². The zero-order valence-electron chi connectivity index (χ0n) is 15.4. The molecule has 2 aromatic rings. The predicted molar refractivity (Wildman–Crippen MR) is 104 cm³/mol. The Morgan fingerprint density at radius 1 is 1.12 bits per heavy atom. The fraction of sp³-hybridized carbons (Fsp3) is 0.316. The molecule has 0 radical (unpaired) electrons. The van der Waals surface area contributed by atoms with Gasteiger partial charge in [0.15, 0.2) is 0 Å². The minimum absolute atomic E-state index is 0.0722. The lowest BCUT2D eigenvalue weighted by atomic mass is 10.1. The van der Waals surface area contributed by atoms with E-state index < -0.39 is 16.0 Å². The number of nitrogens with zero attached hydrogens (tertiary/aromatic N) is 1. The number of esters is 1. The molecular weight excluding hydrogens is 370 g/mol. The van der Waals surface area contributed by atoms with E-state index in [9.17, 15) is 13.2 Å². The van der Waals surface area contributed by atoms with Crippen LogP contribution in [0, 0.1) is 6.92 Å². The van der Waals surface area contributed by atoms with E-state index in [1.54, 1.807) is 19.9 Å². The Labute approximate surface area is 159 Å². The monoisotopic (exact) mass is 393 g/mol. The molecule has 0 aliphatic rings. The van der Waals surface area contributed by atoms with Gasteiger partial charge in [-0.3, -0.25) is 0 Å². The normalized spacial score (nSPS) is 11.6. The first-order chi connectivity index (χ1) is 12.3. The first-order valence-electron chi connectivity index (χ1n) is 8.32. The summed E-state index contributed by atoms with van der Waals surface area (Å²) in [6.07, 6.45) is 0.931. The quantitative estimate of drug-likeness (QED) is 0.524. The molecule has 0 aliphatic heterocycles. The molecule has 0 N–H and O–H groups in total. The van der Waals surface area contributed by atoms with Gasteiger partial charge in [-0.1, -0.05) is 32.0 Å². The minimum Gasteiger partial charge on any atom is -0.465 e. The van der Waals surface area contributed by atoms with E-state index in [0.717, 1.165) is 23.3 Å². The summed E-state index contributed by atoms with van der Waals surface area (Å²) in [5.41, 5.74) is 2.12. The van der Waals surface area contributed by atoms with Crippen LogP contribution in [-0.2, 0) is 21.2 Å². The summed E-state index contributed by atoms with van der Waals surface area (Å²) in [6, 6.07) is 12.3. The molecule has 0 saturated carbocycles. The Kier molecular flexibility index (Phi) is 6.86. The van der Waals surface area contributed by atoms with Crippen LogP contribution in [0.3, 0.4) is 0 Å². The summed E-state index contributed by atoms with van der Waals surface area (Å²) >= 11 is 1.16. The maximum atomic E-state index is 13.0. The average molecular weight is 394 g/mol. The molecule has 26 heavy (non-hydrogen) atoms. The molecule has 0 saturated heterocycles. The maximum Gasteiger partial charge on any atom is 0.338 e. The standard InChI is InChI=1S/C19H23NO4S2/c1-5-15-8-10-16(11-9-15)25-20(6-2)26(22,23)17-12-7-14(3)18(13-17)19(21)24-4/h7-13H,5-6H2,1-4H3. The second-order valence-electron chi connectivity index (χ2n) is 5.68. The molecular formula is C19H23NO4S2. The lowest BCUT2D eigenvalue weighted by Crippen LogP contribution is -2.24. The van der Waals surface area contributed by atoms with E-state index in [0.29, 0.717) is 12.1 Å². The van der Waals surface area contributed by atoms with Crippen molar-refractivity contribution in [3.8, 4) is 0 Å². The number of rotatable bonds is 7. The van der Waals surface area contributed by atoms with Crippen LogP contribution in [-0.4, -0.2) is 31.8 Å². The van der Waals surface area contributed by atoms with Gasteiger partial charge in [-0.05, 0) is 60.7 Å². The first kappa shape index (κ1) is 20.5. The van der Waals surface area contributed by atoms with Gasteiger partial charge in [0, 0.05) is 11.4 Å². The first-order valence-corrected chi connectivity index (χ1v) is 10.5. The molecule has 0 unspecified atom stereocenters. The number of methoxy groups -OCH3 is 1. The van der Waals surface area contributed by atoms with E-state index in [4.69, 9.17) is 4.74 Å². The lowest BCUT2D eigenvalue weighted by molar-refractivity contribution is 0.0599. The number of carbonyl (C=O) groups excluding carboxylic acids is 1. The van der Waals surface area contributed by atoms with Crippen molar-refractivity contribution in [3.63, 3.8) is 0 Å². The van der Waals surface area contributed by atoms with Crippen LogP contribution in [0.1, 0.15) is 35.3 Å². The fourth-order valence-corrected chi connectivity index (χ4v) is 5.01. The zero-order valence-corrected chi connectivity index (χ0v) is 17.0. The van der Waals surface area contributed by atoms with Crippen molar-refractivity contribution in [2.24, 2.45) is 0 Å². The number of aryl methyl sites for hydroxylation is 2. The van der Waals surface area contributed by atoms with Gasteiger partial charge in [0.1, 0.15) is 0 Å². The Morgan fingerprint density at radius 3 is 2.31 bits per heavy atom. The maximum absolute atomic E-state index is 13.0.